The quantitative estimate of drug-likeness (QED) is 0.581. The smallest absolute Gasteiger partial charge is 0.298 e. The summed E-state index contributed by atoms with van der Waals surface area (Å²) in [5.41, 5.74) is 0.418. The van der Waals surface area contributed by atoms with Gasteiger partial charge in [0.25, 0.3) is 5.56 Å². The average molecular weight is 443 g/mol. The lowest BCUT2D eigenvalue weighted by molar-refractivity contribution is -0.118. The zero-order chi connectivity index (χ0) is 22.4. The number of carbonyl (C=O) groups excluding carboxylic acids is 2. The molecule has 0 bridgehead atoms. The van der Waals surface area contributed by atoms with Crippen molar-refractivity contribution in [1.29, 1.82) is 0 Å². The van der Waals surface area contributed by atoms with E-state index < -0.39 is 11.2 Å². The van der Waals surface area contributed by atoms with E-state index in [1.165, 1.54) is 30.5 Å². The minimum absolute atomic E-state index is 0.0595. The number of imidazole rings is 1. The molecular formula is C20H19ClN6O4. The summed E-state index contributed by atoms with van der Waals surface area (Å²) in [4.78, 5) is 53.8. The van der Waals surface area contributed by atoms with Crippen molar-refractivity contribution in [2.45, 2.75) is 26.9 Å². The molecular weight excluding hydrogens is 424 g/mol. The fourth-order valence-corrected chi connectivity index (χ4v) is 3.68. The van der Waals surface area contributed by atoms with Gasteiger partial charge in [0.05, 0.1) is 18.8 Å². The number of benzene rings is 1. The van der Waals surface area contributed by atoms with Crippen molar-refractivity contribution in [2.24, 2.45) is 12.1 Å². The van der Waals surface area contributed by atoms with Crippen LogP contribution in [-0.4, -0.2) is 42.5 Å². The van der Waals surface area contributed by atoms with E-state index in [1.54, 1.807) is 28.8 Å². The van der Waals surface area contributed by atoms with Crippen molar-refractivity contribution >= 4 is 46.0 Å². The van der Waals surface area contributed by atoms with Crippen molar-refractivity contribution in [3.63, 3.8) is 0 Å². The van der Waals surface area contributed by atoms with Gasteiger partial charge in [0.1, 0.15) is 12.3 Å². The molecule has 0 saturated carbocycles. The monoisotopic (exact) mass is 442 g/mol. The van der Waals surface area contributed by atoms with Crippen LogP contribution in [0.25, 0.3) is 11.2 Å². The van der Waals surface area contributed by atoms with Gasteiger partial charge in [-0.3, -0.25) is 28.1 Å². The standard InChI is InChI=1S/C20H19ClN6O4/c1-11(28)8-26-18(30)16-17(24(3)20(26)31)22-19-25(16)10-15(23-27(19)9-12(2)29)13-4-6-14(21)7-5-13/h4-7H,8-10H2,1-3H3. The van der Waals surface area contributed by atoms with Crippen molar-refractivity contribution in [3.8, 4) is 0 Å². The van der Waals surface area contributed by atoms with Gasteiger partial charge in [-0.05, 0) is 31.5 Å². The molecule has 0 aliphatic carbocycles. The zero-order valence-corrected chi connectivity index (χ0v) is 17.9. The zero-order valence-electron chi connectivity index (χ0n) is 17.1. The van der Waals surface area contributed by atoms with Crippen LogP contribution >= 0.6 is 11.6 Å². The molecule has 1 aliphatic heterocycles. The first-order valence-electron chi connectivity index (χ1n) is 9.47. The van der Waals surface area contributed by atoms with E-state index in [-0.39, 0.29) is 48.3 Å². The van der Waals surface area contributed by atoms with Gasteiger partial charge in [-0.25, -0.2) is 9.80 Å². The van der Waals surface area contributed by atoms with Crippen molar-refractivity contribution in [3.05, 3.63) is 55.7 Å². The molecule has 4 rings (SSSR count). The van der Waals surface area contributed by atoms with Crippen LogP contribution < -0.4 is 16.3 Å². The SMILES string of the molecule is CC(=O)CN1N=C(c2ccc(Cl)cc2)Cn2c1nc1c2c(=O)n(CC(C)=O)c(=O)n1C. The normalized spacial score (nSPS) is 13.3. The Balaban J connectivity index is 1.98. The van der Waals surface area contributed by atoms with Crippen LogP contribution in [-0.2, 0) is 29.7 Å². The first-order chi connectivity index (χ1) is 14.7. The van der Waals surface area contributed by atoms with Gasteiger partial charge in [-0.15, -0.1) is 0 Å². The minimum atomic E-state index is -0.639. The van der Waals surface area contributed by atoms with Gasteiger partial charge in [0.15, 0.2) is 16.9 Å². The maximum atomic E-state index is 13.2. The number of carbonyl (C=O) groups is 2. The number of nitrogens with zero attached hydrogens (tertiary/aromatic N) is 6. The lowest BCUT2D eigenvalue weighted by Crippen LogP contribution is -2.41. The number of anilines is 1. The molecule has 0 saturated heterocycles. The highest BCUT2D eigenvalue weighted by atomic mass is 35.5. The van der Waals surface area contributed by atoms with E-state index in [0.29, 0.717) is 10.7 Å². The highest BCUT2D eigenvalue weighted by molar-refractivity contribution is 6.30. The molecule has 11 heteroatoms. The fourth-order valence-electron chi connectivity index (χ4n) is 3.55. The number of aromatic nitrogens is 4. The number of fused-ring (bicyclic) bond motifs is 3. The third-order valence-electron chi connectivity index (χ3n) is 4.92. The van der Waals surface area contributed by atoms with Crippen LogP contribution in [0, 0.1) is 0 Å². The van der Waals surface area contributed by atoms with Crippen LogP contribution in [0.15, 0.2) is 39.0 Å². The molecule has 0 atom stereocenters. The van der Waals surface area contributed by atoms with Crippen molar-refractivity contribution in [2.75, 3.05) is 11.6 Å². The molecule has 0 unspecified atom stereocenters. The number of ketones is 2. The van der Waals surface area contributed by atoms with Crippen molar-refractivity contribution in [1.82, 2.24) is 18.7 Å². The van der Waals surface area contributed by atoms with Crippen LogP contribution in [0.5, 0.6) is 0 Å². The lowest BCUT2D eigenvalue weighted by Gasteiger charge is -2.25. The number of hydrazone groups is 1. The molecule has 1 aromatic carbocycles. The van der Waals surface area contributed by atoms with Crippen LogP contribution in [0.3, 0.4) is 0 Å². The Morgan fingerprint density at radius 2 is 1.71 bits per heavy atom. The minimum Gasteiger partial charge on any atom is -0.298 e. The van der Waals surface area contributed by atoms with E-state index in [1.807, 2.05) is 0 Å². The molecule has 0 amide bonds. The Morgan fingerprint density at radius 3 is 2.32 bits per heavy atom. The molecule has 0 fully saturated rings. The van der Waals surface area contributed by atoms with Crippen LogP contribution in [0.1, 0.15) is 19.4 Å². The Bertz CT molecular complexity index is 1380. The highest BCUT2D eigenvalue weighted by Crippen LogP contribution is 2.25. The van der Waals surface area contributed by atoms with E-state index in [0.717, 1.165) is 10.1 Å². The molecule has 0 N–H and O–H groups in total. The average Bonchev–Trinajstić information content (AvgIpc) is 3.09. The summed E-state index contributed by atoms with van der Waals surface area (Å²) < 4.78 is 3.73. The summed E-state index contributed by atoms with van der Waals surface area (Å²) in [6.45, 7) is 2.53. The summed E-state index contributed by atoms with van der Waals surface area (Å²) in [6, 6.07) is 7.03. The third-order valence-corrected chi connectivity index (χ3v) is 5.18. The summed E-state index contributed by atoms with van der Waals surface area (Å²) in [6.07, 6.45) is 0. The summed E-state index contributed by atoms with van der Waals surface area (Å²) in [7, 11) is 1.48. The summed E-state index contributed by atoms with van der Waals surface area (Å²) >= 11 is 5.99. The van der Waals surface area contributed by atoms with Gasteiger partial charge in [0, 0.05) is 12.1 Å². The first kappa shape index (κ1) is 20.7. The fraction of sp³-hybridized carbons (Fsp3) is 0.300. The van der Waals surface area contributed by atoms with E-state index in [9.17, 15) is 19.2 Å². The molecule has 3 heterocycles. The van der Waals surface area contributed by atoms with Gasteiger partial charge in [-0.1, -0.05) is 23.7 Å². The second-order valence-corrected chi connectivity index (χ2v) is 7.85. The van der Waals surface area contributed by atoms with E-state index >= 15 is 0 Å². The Labute approximate surface area is 181 Å². The molecule has 10 nitrogen and oxygen atoms in total. The van der Waals surface area contributed by atoms with Crippen LogP contribution in [0.2, 0.25) is 5.02 Å². The predicted molar refractivity (Wildman–Crippen MR) is 116 cm³/mol. The molecule has 2 aromatic heterocycles. The van der Waals surface area contributed by atoms with Gasteiger partial charge < -0.3 is 0 Å². The predicted octanol–water partition coefficient (Wildman–Crippen LogP) is 0.952. The highest BCUT2D eigenvalue weighted by Gasteiger charge is 2.28. The third kappa shape index (κ3) is 3.59. The maximum Gasteiger partial charge on any atom is 0.332 e. The van der Waals surface area contributed by atoms with Gasteiger partial charge in [0.2, 0.25) is 5.95 Å². The molecule has 0 radical (unpaired) electrons. The Hall–Kier alpha value is -3.53. The Kier molecular flexibility index (Phi) is 5.10. The molecule has 0 spiro atoms. The van der Waals surface area contributed by atoms with Gasteiger partial charge >= 0.3 is 5.69 Å². The summed E-state index contributed by atoms with van der Waals surface area (Å²) in [5, 5.41) is 6.54. The van der Waals surface area contributed by atoms with Gasteiger partial charge in [-0.2, -0.15) is 10.1 Å². The molecule has 160 valence electrons. The van der Waals surface area contributed by atoms with Crippen LogP contribution in [0.4, 0.5) is 5.95 Å². The first-order valence-corrected chi connectivity index (χ1v) is 9.85. The topological polar surface area (TPSA) is 112 Å². The number of Topliss-reactive ketones (excluding diaryl/α,β-unsaturated/α-hetero) is 2. The molecule has 1 aliphatic rings. The number of rotatable bonds is 5. The number of halogens is 1. The Morgan fingerprint density at radius 1 is 1.06 bits per heavy atom. The second kappa shape index (κ2) is 7.62. The lowest BCUT2D eigenvalue weighted by atomic mass is 10.1. The largest absolute Gasteiger partial charge is 0.332 e. The number of hydrogen-bond acceptors (Lipinski definition) is 7. The van der Waals surface area contributed by atoms with Crippen molar-refractivity contribution < 1.29 is 9.59 Å². The molecule has 31 heavy (non-hydrogen) atoms. The molecule has 3 aromatic rings. The second-order valence-electron chi connectivity index (χ2n) is 7.42. The maximum absolute atomic E-state index is 13.2. The summed E-state index contributed by atoms with van der Waals surface area (Å²) in [5.74, 6) is -0.197. The number of hydrogen-bond donors (Lipinski definition) is 0. The number of aryl methyl sites for hydroxylation is 1. The van der Waals surface area contributed by atoms with E-state index in [4.69, 9.17) is 11.6 Å². The van der Waals surface area contributed by atoms with E-state index in [2.05, 4.69) is 10.1 Å².